The van der Waals surface area contributed by atoms with Crippen LogP contribution in [0.4, 0.5) is 8.78 Å². The highest BCUT2D eigenvalue weighted by Gasteiger charge is 2.35. The van der Waals surface area contributed by atoms with Gasteiger partial charge in [0.05, 0.1) is 0 Å². The van der Waals surface area contributed by atoms with Crippen molar-refractivity contribution < 1.29 is 8.78 Å². The maximum atomic E-state index is 13.4. The Labute approximate surface area is 119 Å². The lowest BCUT2D eigenvalue weighted by Gasteiger charge is -2.41. The van der Waals surface area contributed by atoms with Crippen LogP contribution in [0.3, 0.4) is 0 Å². The highest BCUT2D eigenvalue weighted by atomic mass is 19.2. The standard InChI is InChI=1S/C18H22F2/c1-2-12-3-4-14-10-15(6-5-13(14)9-12)16-7-8-17(19)18(20)11-16/h2,7-8,11-15H,1,3-6,9-10H2. The number of rotatable bonds is 2. The first-order valence-corrected chi connectivity index (χ1v) is 7.75. The molecule has 4 unspecified atom stereocenters. The predicted octanol–water partition coefficient (Wildman–Crippen LogP) is 5.45. The molecule has 1 aromatic carbocycles. The van der Waals surface area contributed by atoms with Gasteiger partial charge in [0.25, 0.3) is 0 Å². The molecule has 0 bridgehead atoms. The average molecular weight is 276 g/mol. The number of hydrogen-bond acceptors (Lipinski definition) is 0. The van der Waals surface area contributed by atoms with Crippen molar-refractivity contribution in [2.75, 3.05) is 0 Å². The second-order valence-corrected chi connectivity index (χ2v) is 6.51. The van der Waals surface area contributed by atoms with Crippen LogP contribution >= 0.6 is 0 Å². The molecule has 0 radical (unpaired) electrons. The minimum Gasteiger partial charge on any atom is -0.204 e. The molecular formula is C18H22F2. The highest BCUT2D eigenvalue weighted by Crippen LogP contribution is 2.47. The normalized spacial score (nSPS) is 33.5. The summed E-state index contributed by atoms with van der Waals surface area (Å²) in [5.41, 5.74) is 0.980. The van der Waals surface area contributed by atoms with E-state index in [2.05, 4.69) is 12.7 Å². The topological polar surface area (TPSA) is 0 Å². The molecular weight excluding hydrogens is 254 g/mol. The van der Waals surface area contributed by atoms with Crippen LogP contribution in [0.2, 0.25) is 0 Å². The molecule has 1 aromatic rings. The molecule has 0 saturated heterocycles. The monoisotopic (exact) mass is 276 g/mol. The van der Waals surface area contributed by atoms with Crippen LogP contribution in [0.15, 0.2) is 30.9 Å². The Morgan fingerprint density at radius 3 is 2.45 bits per heavy atom. The quantitative estimate of drug-likeness (QED) is 0.630. The Balaban J connectivity index is 1.70. The van der Waals surface area contributed by atoms with Crippen molar-refractivity contribution in [3.63, 3.8) is 0 Å². The predicted molar refractivity (Wildman–Crippen MR) is 77.5 cm³/mol. The van der Waals surface area contributed by atoms with Gasteiger partial charge in [0, 0.05) is 0 Å². The molecule has 0 spiro atoms. The second kappa shape index (κ2) is 5.67. The molecule has 3 rings (SSSR count). The van der Waals surface area contributed by atoms with Gasteiger partial charge in [-0.25, -0.2) is 8.78 Å². The van der Waals surface area contributed by atoms with Crippen LogP contribution in [-0.4, -0.2) is 0 Å². The van der Waals surface area contributed by atoms with Gasteiger partial charge in [0.1, 0.15) is 0 Å². The first-order chi connectivity index (χ1) is 9.67. The zero-order valence-corrected chi connectivity index (χ0v) is 11.8. The molecule has 2 saturated carbocycles. The molecule has 2 heteroatoms. The third-order valence-electron chi connectivity index (χ3n) is 5.40. The molecule has 20 heavy (non-hydrogen) atoms. The fourth-order valence-electron chi connectivity index (χ4n) is 4.21. The molecule has 0 heterocycles. The van der Waals surface area contributed by atoms with Gasteiger partial charge in [-0.15, -0.1) is 6.58 Å². The molecule has 2 aliphatic rings. The lowest BCUT2D eigenvalue weighted by Crippen LogP contribution is -2.30. The van der Waals surface area contributed by atoms with Crippen molar-refractivity contribution in [1.82, 2.24) is 0 Å². The van der Waals surface area contributed by atoms with Gasteiger partial charge in [-0.3, -0.25) is 0 Å². The number of hydrogen-bond donors (Lipinski definition) is 0. The lowest BCUT2D eigenvalue weighted by molar-refractivity contribution is 0.133. The van der Waals surface area contributed by atoms with Gasteiger partial charge < -0.3 is 0 Å². The fraction of sp³-hybridized carbons (Fsp3) is 0.556. The van der Waals surface area contributed by atoms with E-state index >= 15 is 0 Å². The fourth-order valence-corrected chi connectivity index (χ4v) is 4.21. The smallest absolute Gasteiger partial charge is 0.159 e. The summed E-state index contributed by atoms with van der Waals surface area (Å²) in [6.07, 6.45) is 9.36. The van der Waals surface area contributed by atoms with Gasteiger partial charge in [-0.2, -0.15) is 0 Å². The molecule has 0 aromatic heterocycles. The average Bonchev–Trinajstić information content (AvgIpc) is 2.49. The van der Waals surface area contributed by atoms with E-state index in [0.29, 0.717) is 11.8 Å². The summed E-state index contributed by atoms with van der Waals surface area (Å²) in [6.45, 7) is 3.93. The van der Waals surface area contributed by atoms with Gasteiger partial charge in [0.2, 0.25) is 0 Å². The second-order valence-electron chi connectivity index (χ2n) is 6.51. The SMILES string of the molecule is C=CC1CCC2CC(c3ccc(F)c(F)c3)CCC2C1. The number of halogens is 2. The lowest BCUT2D eigenvalue weighted by atomic mass is 9.64. The van der Waals surface area contributed by atoms with Crippen LogP contribution in [0, 0.1) is 29.4 Å². The van der Waals surface area contributed by atoms with E-state index in [1.165, 1.54) is 37.8 Å². The Morgan fingerprint density at radius 2 is 1.70 bits per heavy atom. The van der Waals surface area contributed by atoms with Crippen LogP contribution in [-0.2, 0) is 0 Å². The van der Waals surface area contributed by atoms with Crippen molar-refractivity contribution in [2.24, 2.45) is 17.8 Å². The van der Waals surface area contributed by atoms with E-state index in [1.807, 2.05) is 0 Å². The van der Waals surface area contributed by atoms with E-state index in [4.69, 9.17) is 0 Å². The first-order valence-electron chi connectivity index (χ1n) is 7.75. The molecule has 108 valence electrons. The van der Waals surface area contributed by atoms with Gasteiger partial charge in [0.15, 0.2) is 11.6 Å². The Morgan fingerprint density at radius 1 is 0.950 bits per heavy atom. The van der Waals surface area contributed by atoms with E-state index in [1.54, 1.807) is 6.07 Å². The van der Waals surface area contributed by atoms with Gasteiger partial charge in [-0.05, 0) is 79.9 Å². The summed E-state index contributed by atoms with van der Waals surface area (Å²) >= 11 is 0. The Bertz CT molecular complexity index is 494. The summed E-state index contributed by atoms with van der Waals surface area (Å²) in [5.74, 6) is 1.22. The summed E-state index contributed by atoms with van der Waals surface area (Å²) in [7, 11) is 0. The van der Waals surface area contributed by atoms with E-state index in [9.17, 15) is 8.78 Å². The zero-order chi connectivity index (χ0) is 14.1. The van der Waals surface area contributed by atoms with E-state index in [0.717, 1.165) is 30.2 Å². The van der Waals surface area contributed by atoms with Crippen LogP contribution in [0.5, 0.6) is 0 Å². The van der Waals surface area contributed by atoms with E-state index in [-0.39, 0.29) is 0 Å². The van der Waals surface area contributed by atoms with Crippen LogP contribution in [0.25, 0.3) is 0 Å². The molecule has 0 aliphatic heterocycles. The highest BCUT2D eigenvalue weighted by molar-refractivity contribution is 5.22. The maximum Gasteiger partial charge on any atom is 0.159 e. The minimum atomic E-state index is -0.742. The summed E-state index contributed by atoms with van der Waals surface area (Å²) in [4.78, 5) is 0. The third kappa shape index (κ3) is 2.65. The van der Waals surface area contributed by atoms with Gasteiger partial charge >= 0.3 is 0 Å². The molecule has 0 amide bonds. The Hall–Kier alpha value is -1.18. The number of benzene rings is 1. The summed E-state index contributed by atoms with van der Waals surface area (Å²) < 4.78 is 26.4. The molecule has 0 N–H and O–H groups in total. The van der Waals surface area contributed by atoms with Crippen LogP contribution in [0.1, 0.15) is 50.0 Å². The zero-order valence-electron chi connectivity index (χ0n) is 11.8. The van der Waals surface area contributed by atoms with Crippen molar-refractivity contribution in [3.05, 3.63) is 48.1 Å². The third-order valence-corrected chi connectivity index (χ3v) is 5.40. The van der Waals surface area contributed by atoms with Crippen molar-refractivity contribution in [1.29, 1.82) is 0 Å². The largest absolute Gasteiger partial charge is 0.204 e. The molecule has 2 fully saturated rings. The molecule has 0 nitrogen and oxygen atoms in total. The van der Waals surface area contributed by atoms with E-state index < -0.39 is 11.6 Å². The summed E-state index contributed by atoms with van der Waals surface area (Å²) in [6, 6.07) is 4.43. The number of fused-ring (bicyclic) bond motifs is 1. The van der Waals surface area contributed by atoms with Crippen molar-refractivity contribution in [2.45, 2.75) is 44.4 Å². The van der Waals surface area contributed by atoms with Crippen molar-refractivity contribution >= 4 is 0 Å². The summed E-state index contributed by atoms with van der Waals surface area (Å²) in [5, 5.41) is 0. The molecule has 2 aliphatic carbocycles. The van der Waals surface area contributed by atoms with Crippen molar-refractivity contribution in [3.8, 4) is 0 Å². The van der Waals surface area contributed by atoms with Crippen LogP contribution < -0.4 is 0 Å². The molecule has 4 atom stereocenters. The number of allylic oxidation sites excluding steroid dienone is 1. The first kappa shape index (κ1) is 13.8. The maximum absolute atomic E-state index is 13.4. The Kier molecular flexibility index (Phi) is 3.91. The van der Waals surface area contributed by atoms with Gasteiger partial charge in [-0.1, -0.05) is 12.1 Å². The minimum absolute atomic E-state index is 0.409.